The summed E-state index contributed by atoms with van der Waals surface area (Å²) in [5.41, 5.74) is 1.28. The van der Waals surface area contributed by atoms with E-state index in [0.29, 0.717) is 19.5 Å². The van der Waals surface area contributed by atoms with E-state index < -0.39 is 6.61 Å². The number of pyridine rings is 1. The van der Waals surface area contributed by atoms with Crippen molar-refractivity contribution in [3.8, 4) is 0 Å². The highest BCUT2D eigenvalue weighted by Crippen LogP contribution is 2.40. The van der Waals surface area contributed by atoms with Gasteiger partial charge in [0.25, 0.3) is 0 Å². The fourth-order valence-electron chi connectivity index (χ4n) is 3.85. The van der Waals surface area contributed by atoms with E-state index >= 15 is 0 Å². The molecule has 2 fully saturated rings. The summed E-state index contributed by atoms with van der Waals surface area (Å²) in [5, 5.41) is 8.99. The lowest BCUT2D eigenvalue weighted by Crippen LogP contribution is -2.53. The first-order valence-corrected chi connectivity index (χ1v) is 8.67. The van der Waals surface area contributed by atoms with Crippen molar-refractivity contribution in [1.82, 2.24) is 14.8 Å². The molecular formula is C18H25N3O3. The molecule has 24 heavy (non-hydrogen) atoms. The largest absolute Gasteiger partial charge is 0.387 e. The standard InChI is InChI=1S/C18H25N3O3/c22-13-17(24)20-10-6-18(7-11-20)5-3-16(23)21(14-18)9-4-15-2-1-8-19-12-15/h1-2,8,12,22H,3-7,9-11,13-14H2. The van der Waals surface area contributed by atoms with E-state index in [1.54, 1.807) is 11.1 Å². The molecular weight excluding hydrogens is 306 g/mol. The minimum Gasteiger partial charge on any atom is -0.387 e. The molecule has 1 spiro atoms. The average Bonchev–Trinajstić information content (AvgIpc) is 2.63. The van der Waals surface area contributed by atoms with Crippen LogP contribution < -0.4 is 0 Å². The predicted molar refractivity (Wildman–Crippen MR) is 89.1 cm³/mol. The van der Waals surface area contributed by atoms with E-state index in [9.17, 15) is 9.59 Å². The third kappa shape index (κ3) is 3.75. The summed E-state index contributed by atoms with van der Waals surface area (Å²) in [5.74, 6) is 0.0450. The van der Waals surface area contributed by atoms with Crippen LogP contribution in [0.25, 0.3) is 0 Å². The Hall–Kier alpha value is -1.95. The molecule has 130 valence electrons. The monoisotopic (exact) mass is 331 g/mol. The van der Waals surface area contributed by atoms with Crippen molar-refractivity contribution in [3.63, 3.8) is 0 Å². The van der Waals surface area contributed by atoms with Crippen LogP contribution in [0.15, 0.2) is 24.5 Å². The molecule has 2 aliphatic rings. The van der Waals surface area contributed by atoms with Crippen molar-refractivity contribution in [3.05, 3.63) is 30.1 Å². The summed E-state index contributed by atoms with van der Waals surface area (Å²) in [4.78, 5) is 31.7. The van der Waals surface area contributed by atoms with Gasteiger partial charge in [0, 0.05) is 45.0 Å². The quantitative estimate of drug-likeness (QED) is 0.888. The van der Waals surface area contributed by atoms with Crippen LogP contribution in [0.2, 0.25) is 0 Å². The number of aliphatic hydroxyl groups excluding tert-OH is 1. The number of carbonyl (C=O) groups excluding carboxylic acids is 2. The molecule has 0 atom stereocenters. The minimum atomic E-state index is -0.414. The molecule has 3 heterocycles. The van der Waals surface area contributed by atoms with Gasteiger partial charge in [-0.25, -0.2) is 0 Å². The van der Waals surface area contributed by atoms with Crippen LogP contribution in [0.4, 0.5) is 0 Å². The van der Waals surface area contributed by atoms with Crippen molar-refractivity contribution in [1.29, 1.82) is 0 Å². The molecule has 1 N–H and O–H groups in total. The number of nitrogens with zero attached hydrogens (tertiary/aromatic N) is 3. The summed E-state index contributed by atoms with van der Waals surface area (Å²) in [6.07, 6.45) is 7.77. The molecule has 6 heteroatoms. The second-order valence-corrected chi connectivity index (χ2v) is 6.97. The van der Waals surface area contributed by atoms with Gasteiger partial charge in [-0.15, -0.1) is 0 Å². The lowest BCUT2D eigenvalue weighted by molar-refractivity contribution is -0.143. The molecule has 1 aromatic heterocycles. The third-order valence-corrected chi connectivity index (χ3v) is 5.45. The van der Waals surface area contributed by atoms with E-state index in [0.717, 1.165) is 44.3 Å². The second-order valence-electron chi connectivity index (χ2n) is 6.97. The molecule has 0 saturated carbocycles. The fraction of sp³-hybridized carbons (Fsp3) is 0.611. The summed E-state index contributed by atoms with van der Waals surface area (Å²) in [6, 6.07) is 3.96. The first-order valence-electron chi connectivity index (χ1n) is 8.67. The van der Waals surface area contributed by atoms with Crippen LogP contribution in [0, 0.1) is 5.41 Å². The van der Waals surface area contributed by atoms with Gasteiger partial charge in [0.1, 0.15) is 6.61 Å². The number of hydrogen-bond donors (Lipinski definition) is 1. The Morgan fingerprint density at radius 2 is 2.08 bits per heavy atom. The Balaban J connectivity index is 1.57. The van der Waals surface area contributed by atoms with E-state index in [1.807, 2.05) is 23.2 Å². The predicted octanol–water partition coefficient (Wildman–Crippen LogP) is 0.848. The number of aromatic nitrogens is 1. The van der Waals surface area contributed by atoms with Gasteiger partial charge in [-0.3, -0.25) is 14.6 Å². The van der Waals surface area contributed by atoms with Crippen molar-refractivity contribution >= 4 is 11.8 Å². The van der Waals surface area contributed by atoms with Crippen LogP contribution in [0.5, 0.6) is 0 Å². The highest BCUT2D eigenvalue weighted by molar-refractivity contribution is 5.78. The Kier molecular flexibility index (Phi) is 5.14. The van der Waals surface area contributed by atoms with E-state index in [2.05, 4.69) is 4.98 Å². The van der Waals surface area contributed by atoms with Gasteiger partial charge in [0.2, 0.25) is 11.8 Å². The topological polar surface area (TPSA) is 73.7 Å². The summed E-state index contributed by atoms with van der Waals surface area (Å²) in [7, 11) is 0. The lowest BCUT2D eigenvalue weighted by Gasteiger charge is -2.47. The number of rotatable bonds is 4. The van der Waals surface area contributed by atoms with Crippen LogP contribution in [0.1, 0.15) is 31.2 Å². The number of likely N-dealkylation sites (tertiary alicyclic amines) is 2. The Morgan fingerprint density at radius 1 is 1.29 bits per heavy atom. The second kappa shape index (κ2) is 7.30. The van der Waals surface area contributed by atoms with Gasteiger partial charge in [0.15, 0.2) is 0 Å². The van der Waals surface area contributed by atoms with Crippen molar-refractivity contribution in [2.75, 3.05) is 32.8 Å². The lowest BCUT2D eigenvalue weighted by atomic mass is 9.72. The average molecular weight is 331 g/mol. The number of carbonyl (C=O) groups is 2. The van der Waals surface area contributed by atoms with Gasteiger partial charge < -0.3 is 14.9 Å². The zero-order chi connectivity index (χ0) is 17.0. The first-order chi connectivity index (χ1) is 11.6. The van der Waals surface area contributed by atoms with Gasteiger partial charge in [-0.05, 0) is 42.7 Å². The number of piperidine rings is 2. The Morgan fingerprint density at radius 3 is 2.75 bits per heavy atom. The summed E-state index contributed by atoms with van der Waals surface area (Å²) in [6.45, 7) is 2.47. The molecule has 3 rings (SSSR count). The van der Waals surface area contributed by atoms with Crippen LogP contribution in [-0.4, -0.2) is 64.5 Å². The van der Waals surface area contributed by atoms with Crippen LogP contribution in [-0.2, 0) is 16.0 Å². The Labute approximate surface area is 142 Å². The van der Waals surface area contributed by atoms with Gasteiger partial charge in [-0.2, -0.15) is 0 Å². The molecule has 0 radical (unpaired) electrons. The minimum absolute atomic E-state index is 0.134. The molecule has 1 aromatic rings. The fourth-order valence-corrected chi connectivity index (χ4v) is 3.85. The van der Waals surface area contributed by atoms with Crippen LogP contribution in [0.3, 0.4) is 0 Å². The van der Waals surface area contributed by atoms with Crippen LogP contribution >= 0.6 is 0 Å². The Bertz CT molecular complexity index is 582. The molecule has 6 nitrogen and oxygen atoms in total. The molecule has 0 aromatic carbocycles. The molecule has 2 aliphatic heterocycles. The SMILES string of the molecule is O=C(CO)N1CCC2(CCC(=O)N(CCc3cccnc3)C2)CC1. The highest BCUT2D eigenvalue weighted by atomic mass is 16.3. The highest BCUT2D eigenvalue weighted by Gasteiger charge is 2.41. The summed E-state index contributed by atoms with van der Waals surface area (Å²) < 4.78 is 0. The van der Waals surface area contributed by atoms with E-state index in [1.165, 1.54) is 0 Å². The maximum Gasteiger partial charge on any atom is 0.248 e. The van der Waals surface area contributed by atoms with E-state index in [4.69, 9.17) is 5.11 Å². The van der Waals surface area contributed by atoms with E-state index in [-0.39, 0.29) is 17.2 Å². The van der Waals surface area contributed by atoms with Crippen molar-refractivity contribution in [2.24, 2.45) is 5.41 Å². The normalized spacial score (nSPS) is 20.5. The number of amides is 2. The molecule has 0 unspecified atom stereocenters. The molecule has 2 amide bonds. The number of aliphatic hydroxyl groups is 1. The zero-order valence-electron chi connectivity index (χ0n) is 14.0. The smallest absolute Gasteiger partial charge is 0.248 e. The number of hydrogen-bond acceptors (Lipinski definition) is 4. The summed E-state index contributed by atoms with van der Waals surface area (Å²) >= 11 is 0. The zero-order valence-corrected chi connectivity index (χ0v) is 14.0. The van der Waals surface area contributed by atoms with Crippen molar-refractivity contribution in [2.45, 2.75) is 32.1 Å². The van der Waals surface area contributed by atoms with Gasteiger partial charge in [0.05, 0.1) is 0 Å². The van der Waals surface area contributed by atoms with Gasteiger partial charge in [-0.1, -0.05) is 6.07 Å². The van der Waals surface area contributed by atoms with Gasteiger partial charge >= 0.3 is 0 Å². The first kappa shape index (κ1) is 16.9. The van der Waals surface area contributed by atoms with Crippen molar-refractivity contribution < 1.29 is 14.7 Å². The maximum absolute atomic E-state index is 12.3. The third-order valence-electron chi connectivity index (χ3n) is 5.45. The molecule has 2 saturated heterocycles. The molecule has 0 aliphatic carbocycles. The maximum atomic E-state index is 12.3. The molecule has 0 bridgehead atoms.